The number of benzene rings is 1. The zero-order valence-corrected chi connectivity index (χ0v) is 9.49. The molecule has 0 bridgehead atoms. The maximum atomic E-state index is 13.0. The third-order valence-electron chi connectivity index (χ3n) is 2.00. The lowest BCUT2D eigenvalue weighted by atomic mass is 9.98. The van der Waals surface area contributed by atoms with E-state index in [-0.39, 0.29) is 5.92 Å². The van der Waals surface area contributed by atoms with Crippen molar-refractivity contribution in [3.63, 3.8) is 0 Å². The van der Waals surface area contributed by atoms with E-state index in [1.54, 1.807) is 13.0 Å². The van der Waals surface area contributed by atoms with Crippen molar-refractivity contribution in [2.45, 2.75) is 40.5 Å². The van der Waals surface area contributed by atoms with Crippen LogP contribution in [0, 0.1) is 18.6 Å². The summed E-state index contributed by atoms with van der Waals surface area (Å²) in [5, 5.41) is 0. The van der Waals surface area contributed by atoms with Crippen molar-refractivity contribution in [1.82, 2.24) is 0 Å². The van der Waals surface area contributed by atoms with E-state index in [9.17, 15) is 8.78 Å². The van der Waals surface area contributed by atoms with Crippen LogP contribution in [0.25, 0.3) is 0 Å². The van der Waals surface area contributed by atoms with Gasteiger partial charge in [-0.15, -0.1) is 0 Å². The van der Waals surface area contributed by atoms with E-state index < -0.39 is 11.6 Å². The van der Waals surface area contributed by atoms with Crippen molar-refractivity contribution in [3.05, 3.63) is 34.9 Å². The Kier molecular flexibility index (Phi) is 5.36. The summed E-state index contributed by atoms with van der Waals surface area (Å²) in [6, 6.07) is 2.82. The number of hydrogen-bond donors (Lipinski definition) is 0. The van der Waals surface area contributed by atoms with Gasteiger partial charge in [-0.1, -0.05) is 33.8 Å². The van der Waals surface area contributed by atoms with Gasteiger partial charge < -0.3 is 0 Å². The van der Waals surface area contributed by atoms with E-state index in [4.69, 9.17) is 0 Å². The van der Waals surface area contributed by atoms with Crippen LogP contribution in [-0.4, -0.2) is 0 Å². The molecule has 0 aromatic heterocycles. The fourth-order valence-electron chi connectivity index (χ4n) is 1.29. The van der Waals surface area contributed by atoms with Crippen molar-refractivity contribution in [1.29, 1.82) is 0 Å². The van der Waals surface area contributed by atoms with E-state index in [2.05, 4.69) is 0 Å². The van der Waals surface area contributed by atoms with Gasteiger partial charge >= 0.3 is 0 Å². The zero-order chi connectivity index (χ0) is 11.3. The Bertz CT molecular complexity index is 291. The van der Waals surface area contributed by atoms with Crippen molar-refractivity contribution in [2.24, 2.45) is 0 Å². The summed E-state index contributed by atoms with van der Waals surface area (Å²) in [4.78, 5) is 0. The molecule has 0 aliphatic rings. The quantitative estimate of drug-likeness (QED) is 0.629. The first-order valence-corrected chi connectivity index (χ1v) is 4.98. The maximum Gasteiger partial charge on any atom is 0.162 e. The number of halogens is 2. The Morgan fingerprint density at radius 1 is 1.07 bits per heavy atom. The molecule has 0 nitrogen and oxygen atoms in total. The Hall–Kier alpha value is -0.920. The van der Waals surface area contributed by atoms with Crippen LogP contribution in [0.2, 0.25) is 0 Å². The topological polar surface area (TPSA) is 0 Å². The van der Waals surface area contributed by atoms with E-state index >= 15 is 0 Å². The second kappa shape index (κ2) is 5.74. The van der Waals surface area contributed by atoms with Gasteiger partial charge in [0.1, 0.15) is 0 Å². The molecule has 0 N–H and O–H groups in total. The van der Waals surface area contributed by atoms with Gasteiger partial charge in [0.2, 0.25) is 0 Å². The Labute approximate surface area is 85.0 Å². The summed E-state index contributed by atoms with van der Waals surface area (Å²) >= 11 is 0. The van der Waals surface area contributed by atoms with Crippen molar-refractivity contribution in [3.8, 4) is 0 Å². The highest BCUT2D eigenvalue weighted by Gasteiger charge is 2.10. The standard InChI is InChI=1S/C10H12F2.C2H6/c1-6(2)8-4-5-9(11)10(12)7(8)3;1-2/h4-6H,1-3H3;1-2H3. The van der Waals surface area contributed by atoms with E-state index in [0.29, 0.717) is 5.56 Å². The van der Waals surface area contributed by atoms with Crippen LogP contribution in [0.5, 0.6) is 0 Å². The highest BCUT2D eigenvalue weighted by molar-refractivity contribution is 5.30. The largest absolute Gasteiger partial charge is 0.204 e. The fourth-order valence-corrected chi connectivity index (χ4v) is 1.29. The molecule has 0 saturated carbocycles. The van der Waals surface area contributed by atoms with E-state index in [1.165, 1.54) is 6.07 Å². The molecule has 0 aliphatic heterocycles. The van der Waals surface area contributed by atoms with Crippen LogP contribution in [0.1, 0.15) is 44.7 Å². The van der Waals surface area contributed by atoms with Crippen LogP contribution in [0.4, 0.5) is 8.78 Å². The second-order valence-electron chi connectivity index (χ2n) is 3.23. The van der Waals surface area contributed by atoms with Gasteiger partial charge in [0, 0.05) is 0 Å². The summed E-state index contributed by atoms with van der Waals surface area (Å²) in [6.45, 7) is 9.52. The average Bonchev–Trinajstić information content (AvgIpc) is 2.17. The van der Waals surface area contributed by atoms with E-state index in [1.807, 2.05) is 27.7 Å². The molecule has 0 atom stereocenters. The summed E-state index contributed by atoms with van der Waals surface area (Å²) in [5.74, 6) is -1.25. The predicted molar refractivity (Wildman–Crippen MR) is 56.5 cm³/mol. The normalized spacial score (nSPS) is 9.71. The molecular formula is C12H18F2. The molecule has 0 saturated heterocycles. The van der Waals surface area contributed by atoms with Crippen LogP contribution in [0.15, 0.2) is 12.1 Å². The molecule has 0 radical (unpaired) electrons. The summed E-state index contributed by atoms with van der Waals surface area (Å²) in [5.41, 5.74) is 1.29. The molecule has 0 heterocycles. The van der Waals surface area contributed by atoms with Crippen LogP contribution < -0.4 is 0 Å². The fraction of sp³-hybridized carbons (Fsp3) is 0.500. The predicted octanol–water partition coefficient (Wildman–Crippen LogP) is 4.42. The summed E-state index contributed by atoms with van der Waals surface area (Å²) in [6.07, 6.45) is 0. The second-order valence-corrected chi connectivity index (χ2v) is 3.23. The summed E-state index contributed by atoms with van der Waals surface area (Å²) in [7, 11) is 0. The Balaban J connectivity index is 0.000000791. The lowest BCUT2D eigenvalue weighted by Gasteiger charge is -2.09. The molecule has 2 heteroatoms. The first-order valence-electron chi connectivity index (χ1n) is 4.98. The highest BCUT2D eigenvalue weighted by Crippen LogP contribution is 2.22. The molecule has 1 aromatic carbocycles. The number of hydrogen-bond acceptors (Lipinski definition) is 0. The van der Waals surface area contributed by atoms with Crippen LogP contribution >= 0.6 is 0 Å². The van der Waals surface area contributed by atoms with Crippen molar-refractivity contribution < 1.29 is 8.78 Å². The molecule has 80 valence electrons. The van der Waals surface area contributed by atoms with Crippen LogP contribution in [0.3, 0.4) is 0 Å². The lowest BCUT2D eigenvalue weighted by Crippen LogP contribution is -1.97. The molecule has 1 rings (SSSR count). The monoisotopic (exact) mass is 200 g/mol. The molecule has 0 spiro atoms. The van der Waals surface area contributed by atoms with Gasteiger partial charge in [0.25, 0.3) is 0 Å². The van der Waals surface area contributed by atoms with Gasteiger partial charge in [-0.2, -0.15) is 0 Å². The smallest absolute Gasteiger partial charge is 0.162 e. The third-order valence-corrected chi connectivity index (χ3v) is 2.00. The first kappa shape index (κ1) is 13.1. The van der Waals surface area contributed by atoms with Crippen molar-refractivity contribution >= 4 is 0 Å². The maximum absolute atomic E-state index is 13.0. The van der Waals surface area contributed by atoms with Gasteiger partial charge in [-0.3, -0.25) is 0 Å². The highest BCUT2D eigenvalue weighted by atomic mass is 19.2. The SMILES string of the molecule is CC.Cc1c(C(C)C)ccc(F)c1F. The van der Waals surface area contributed by atoms with Gasteiger partial charge in [-0.05, 0) is 30.0 Å². The third kappa shape index (κ3) is 2.79. The Morgan fingerprint density at radius 3 is 2.00 bits per heavy atom. The summed E-state index contributed by atoms with van der Waals surface area (Å²) < 4.78 is 25.6. The van der Waals surface area contributed by atoms with Gasteiger partial charge in [0.05, 0.1) is 0 Å². The van der Waals surface area contributed by atoms with Gasteiger partial charge in [-0.25, -0.2) is 8.78 Å². The minimum atomic E-state index is -0.767. The van der Waals surface area contributed by atoms with Crippen LogP contribution in [-0.2, 0) is 0 Å². The average molecular weight is 200 g/mol. The Morgan fingerprint density at radius 2 is 1.57 bits per heavy atom. The zero-order valence-electron chi connectivity index (χ0n) is 9.49. The number of rotatable bonds is 1. The minimum absolute atomic E-state index is 0.236. The first-order chi connectivity index (χ1) is 6.54. The molecule has 0 unspecified atom stereocenters. The molecule has 1 aromatic rings. The molecular weight excluding hydrogens is 182 g/mol. The minimum Gasteiger partial charge on any atom is -0.204 e. The molecule has 0 aliphatic carbocycles. The molecule has 0 fully saturated rings. The molecule has 14 heavy (non-hydrogen) atoms. The van der Waals surface area contributed by atoms with Gasteiger partial charge in [0.15, 0.2) is 11.6 Å². The van der Waals surface area contributed by atoms with E-state index in [0.717, 1.165) is 5.56 Å². The lowest BCUT2D eigenvalue weighted by molar-refractivity contribution is 0.500. The molecule has 0 amide bonds. The van der Waals surface area contributed by atoms with Crippen molar-refractivity contribution in [2.75, 3.05) is 0 Å².